The van der Waals surface area contributed by atoms with Gasteiger partial charge < -0.3 is 23.1 Å². The van der Waals surface area contributed by atoms with Gasteiger partial charge in [0, 0.05) is 0 Å². The first-order valence-corrected chi connectivity index (χ1v) is 7.36. The lowest BCUT2D eigenvalue weighted by Crippen LogP contribution is -2.59. The Hall–Kier alpha value is -1.08. The topological polar surface area (TPSA) is 36.9 Å². The highest BCUT2D eigenvalue weighted by atomic mass is 16.8. The predicted octanol–water partition coefficient (Wildman–Crippen LogP) is 1.09. The smallest absolute Gasteiger partial charge is 0.491 e. The SMILES string of the molecule is Cc1cccc(OC[C@H]2C[N+]34CCO[B-]3(OCC4)O2)c1. The van der Waals surface area contributed by atoms with Crippen molar-refractivity contribution >= 4 is 6.89 Å². The van der Waals surface area contributed by atoms with Crippen LogP contribution in [0.15, 0.2) is 24.3 Å². The molecule has 1 aromatic rings. The van der Waals surface area contributed by atoms with Crippen molar-refractivity contribution in [2.24, 2.45) is 0 Å². The van der Waals surface area contributed by atoms with E-state index in [-0.39, 0.29) is 6.10 Å². The van der Waals surface area contributed by atoms with Gasteiger partial charge in [-0.1, -0.05) is 12.1 Å². The molecule has 3 heterocycles. The molecule has 3 aliphatic heterocycles. The van der Waals surface area contributed by atoms with Gasteiger partial charge in [-0.25, -0.2) is 0 Å². The molecule has 0 N–H and O–H groups in total. The molecule has 0 saturated carbocycles. The summed E-state index contributed by atoms with van der Waals surface area (Å²) in [4.78, 5) is 0. The Bertz CT molecular complexity index is 494. The third kappa shape index (κ3) is 1.79. The van der Waals surface area contributed by atoms with E-state index >= 15 is 0 Å². The minimum atomic E-state index is -1.56. The van der Waals surface area contributed by atoms with Gasteiger partial charge in [0.25, 0.3) is 0 Å². The maximum Gasteiger partial charge on any atom is 0.625 e. The molecule has 5 nitrogen and oxygen atoms in total. The number of quaternary nitrogens is 1. The second kappa shape index (κ2) is 4.46. The molecular formula is C14H20BNO4. The molecule has 1 aromatic carbocycles. The molecule has 3 aliphatic rings. The van der Waals surface area contributed by atoms with Gasteiger partial charge in [-0.2, -0.15) is 0 Å². The van der Waals surface area contributed by atoms with E-state index in [1.807, 2.05) is 18.2 Å². The van der Waals surface area contributed by atoms with Crippen molar-refractivity contribution in [3.8, 4) is 5.75 Å². The highest BCUT2D eigenvalue weighted by molar-refractivity contribution is 6.54. The first-order valence-electron chi connectivity index (χ1n) is 7.36. The van der Waals surface area contributed by atoms with Gasteiger partial charge in [0.2, 0.25) is 0 Å². The molecule has 4 rings (SSSR count). The molecule has 3 fully saturated rings. The standard InChI is InChI=1S/C14H20BNO4/c1-12-3-2-4-13(9-12)17-11-14-10-16-5-7-18-15(16,20-14)19-8-6-16/h2-4,9,14H,5-8,10-11H2,1H3/t14-,15?,16?/m1/s1. The Morgan fingerprint density at radius 1 is 1.30 bits per heavy atom. The van der Waals surface area contributed by atoms with Crippen LogP contribution in [0.2, 0.25) is 0 Å². The summed E-state index contributed by atoms with van der Waals surface area (Å²) in [5.74, 6) is 0.896. The molecule has 0 amide bonds. The summed E-state index contributed by atoms with van der Waals surface area (Å²) < 4.78 is 24.4. The van der Waals surface area contributed by atoms with Crippen molar-refractivity contribution in [2.45, 2.75) is 13.0 Å². The summed E-state index contributed by atoms with van der Waals surface area (Å²) >= 11 is 0. The first kappa shape index (κ1) is 12.6. The van der Waals surface area contributed by atoms with E-state index in [0.717, 1.165) is 43.0 Å². The Morgan fingerprint density at radius 3 is 2.80 bits per heavy atom. The Labute approximate surface area is 119 Å². The maximum atomic E-state index is 6.10. The number of hydrogen-bond donors (Lipinski definition) is 0. The van der Waals surface area contributed by atoms with E-state index in [1.165, 1.54) is 5.56 Å². The van der Waals surface area contributed by atoms with Crippen molar-refractivity contribution in [1.29, 1.82) is 0 Å². The second-order valence-electron chi connectivity index (χ2n) is 6.08. The van der Waals surface area contributed by atoms with Gasteiger partial charge in [0.05, 0.1) is 32.8 Å². The molecule has 3 saturated heterocycles. The van der Waals surface area contributed by atoms with E-state index in [0.29, 0.717) is 6.61 Å². The fourth-order valence-corrected chi connectivity index (χ4v) is 3.76. The Kier molecular flexibility index (Phi) is 2.82. The first-order chi connectivity index (χ1) is 9.71. The molecule has 6 heteroatoms. The summed E-state index contributed by atoms with van der Waals surface area (Å²) in [6.45, 7) is 5.48. The van der Waals surface area contributed by atoms with Crippen LogP contribution < -0.4 is 4.74 Å². The van der Waals surface area contributed by atoms with E-state index in [9.17, 15) is 0 Å². The van der Waals surface area contributed by atoms with Crippen molar-refractivity contribution in [3.63, 3.8) is 0 Å². The molecule has 0 aliphatic carbocycles. The second-order valence-corrected chi connectivity index (χ2v) is 6.08. The van der Waals surface area contributed by atoms with E-state index in [1.54, 1.807) is 0 Å². The lowest BCUT2D eigenvalue weighted by molar-refractivity contribution is -0.816. The summed E-state index contributed by atoms with van der Waals surface area (Å²) in [6.07, 6.45) is 0.0520. The van der Waals surface area contributed by atoms with Crippen LogP contribution in [0.3, 0.4) is 0 Å². The molecule has 0 aromatic heterocycles. The van der Waals surface area contributed by atoms with Crippen LogP contribution in [-0.2, 0) is 14.0 Å². The van der Waals surface area contributed by atoms with E-state index in [4.69, 9.17) is 18.7 Å². The quantitative estimate of drug-likeness (QED) is 0.775. The van der Waals surface area contributed by atoms with Crippen molar-refractivity contribution in [2.75, 3.05) is 39.5 Å². The molecular weight excluding hydrogens is 257 g/mol. The maximum absolute atomic E-state index is 6.10. The van der Waals surface area contributed by atoms with Gasteiger partial charge in [-0.15, -0.1) is 0 Å². The summed E-state index contributed by atoms with van der Waals surface area (Å²) in [6, 6.07) is 8.09. The van der Waals surface area contributed by atoms with Crippen LogP contribution in [-0.4, -0.2) is 56.8 Å². The van der Waals surface area contributed by atoms with Crippen LogP contribution in [0.4, 0.5) is 0 Å². The summed E-state index contributed by atoms with van der Waals surface area (Å²) in [5, 5.41) is 0. The van der Waals surface area contributed by atoms with Crippen LogP contribution in [0.1, 0.15) is 5.56 Å². The third-order valence-electron chi connectivity index (χ3n) is 4.76. The largest absolute Gasteiger partial charge is 0.625 e. The van der Waals surface area contributed by atoms with E-state index < -0.39 is 6.89 Å². The highest BCUT2D eigenvalue weighted by Gasteiger charge is 2.66. The zero-order valence-corrected chi connectivity index (χ0v) is 11.8. The molecule has 0 radical (unpaired) electrons. The van der Waals surface area contributed by atoms with Gasteiger partial charge in [-0.3, -0.25) is 0 Å². The monoisotopic (exact) mass is 277 g/mol. The highest BCUT2D eigenvalue weighted by Crippen LogP contribution is 2.41. The minimum Gasteiger partial charge on any atom is -0.491 e. The average Bonchev–Trinajstić information content (AvgIpc) is 2.97. The van der Waals surface area contributed by atoms with Gasteiger partial charge in [0.15, 0.2) is 0 Å². The fraction of sp³-hybridized carbons (Fsp3) is 0.571. The number of aryl methyl sites for hydroxylation is 1. The fourth-order valence-electron chi connectivity index (χ4n) is 3.76. The Balaban J connectivity index is 1.43. The zero-order valence-electron chi connectivity index (χ0n) is 11.8. The van der Waals surface area contributed by atoms with Crippen LogP contribution in [0, 0.1) is 6.92 Å². The number of rotatable bonds is 3. The Morgan fingerprint density at radius 2 is 2.10 bits per heavy atom. The lowest BCUT2D eigenvalue weighted by atomic mass is 9.94. The summed E-state index contributed by atoms with van der Waals surface area (Å²) in [5.41, 5.74) is 1.20. The molecule has 108 valence electrons. The van der Waals surface area contributed by atoms with Crippen molar-refractivity contribution in [1.82, 2.24) is 0 Å². The predicted molar refractivity (Wildman–Crippen MR) is 74.1 cm³/mol. The lowest BCUT2D eigenvalue weighted by Gasteiger charge is -2.37. The van der Waals surface area contributed by atoms with Gasteiger partial charge in [0.1, 0.15) is 18.5 Å². The van der Waals surface area contributed by atoms with Crippen molar-refractivity contribution in [3.05, 3.63) is 29.8 Å². The minimum absolute atomic E-state index is 0.0520. The van der Waals surface area contributed by atoms with E-state index in [2.05, 4.69) is 13.0 Å². The molecule has 1 atom stereocenters. The number of benzene rings is 1. The molecule has 20 heavy (non-hydrogen) atoms. The number of nitrogens with zero attached hydrogens (tertiary/aromatic N) is 1. The van der Waals surface area contributed by atoms with Crippen LogP contribution in [0.25, 0.3) is 0 Å². The molecule has 0 unspecified atom stereocenters. The summed E-state index contributed by atoms with van der Waals surface area (Å²) in [7, 11) is 0. The molecule has 0 spiro atoms. The molecule has 0 bridgehead atoms. The van der Waals surface area contributed by atoms with Gasteiger partial charge in [-0.05, 0) is 24.6 Å². The number of hydrogen-bond acceptors (Lipinski definition) is 4. The van der Waals surface area contributed by atoms with Gasteiger partial charge >= 0.3 is 6.89 Å². The van der Waals surface area contributed by atoms with Crippen molar-refractivity contribution < 1.29 is 23.1 Å². The average molecular weight is 277 g/mol. The zero-order chi connectivity index (χ0) is 13.6. The van der Waals surface area contributed by atoms with Crippen LogP contribution >= 0.6 is 0 Å². The van der Waals surface area contributed by atoms with Crippen LogP contribution in [0.5, 0.6) is 5.75 Å². The third-order valence-corrected chi connectivity index (χ3v) is 4.76. The number of ether oxygens (including phenoxy) is 1. The normalized spacial score (nSPS) is 38.8.